The maximum Gasteiger partial charge on any atom is 0.213 e. The zero-order valence-electron chi connectivity index (χ0n) is 13.3. The van der Waals surface area contributed by atoms with Crippen molar-refractivity contribution in [3.63, 3.8) is 0 Å². The van der Waals surface area contributed by atoms with E-state index in [-0.39, 0.29) is 0 Å². The summed E-state index contributed by atoms with van der Waals surface area (Å²) in [5.41, 5.74) is 2.32. The van der Waals surface area contributed by atoms with Crippen LogP contribution in [0.25, 0.3) is 0 Å². The molecule has 0 saturated heterocycles. The highest BCUT2D eigenvalue weighted by Gasteiger charge is 2.07. The first-order chi connectivity index (χ1) is 9.52. The maximum atomic E-state index is 5.70. The van der Waals surface area contributed by atoms with E-state index in [2.05, 4.69) is 50.6 Å². The number of hydrogen-bond donors (Lipinski definition) is 1. The number of ether oxygens (including phenoxy) is 1. The van der Waals surface area contributed by atoms with Gasteiger partial charge in [0.15, 0.2) is 0 Å². The van der Waals surface area contributed by atoms with Crippen LogP contribution in [0.3, 0.4) is 0 Å². The summed E-state index contributed by atoms with van der Waals surface area (Å²) in [5.74, 6) is 1.78. The van der Waals surface area contributed by atoms with Crippen molar-refractivity contribution in [3.05, 3.63) is 36.0 Å². The molecule has 0 aromatic carbocycles. The van der Waals surface area contributed by atoms with Gasteiger partial charge in [0.2, 0.25) is 5.88 Å². The van der Waals surface area contributed by atoms with Gasteiger partial charge in [0, 0.05) is 18.3 Å². The van der Waals surface area contributed by atoms with Crippen LogP contribution in [0.1, 0.15) is 51.3 Å². The molecule has 1 heterocycles. The summed E-state index contributed by atoms with van der Waals surface area (Å²) in [6.45, 7) is 14.9. The lowest BCUT2D eigenvalue weighted by Crippen LogP contribution is -2.19. The van der Waals surface area contributed by atoms with Crippen molar-refractivity contribution in [2.24, 2.45) is 5.92 Å². The Hall–Kier alpha value is -1.35. The number of pyridine rings is 1. The van der Waals surface area contributed by atoms with Gasteiger partial charge in [-0.05, 0) is 36.4 Å². The highest BCUT2D eigenvalue weighted by molar-refractivity contribution is 5.26. The molecule has 0 fully saturated rings. The predicted molar refractivity (Wildman–Crippen MR) is 85.2 cm³/mol. The summed E-state index contributed by atoms with van der Waals surface area (Å²) in [5, 5.41) is 3.46. The molecule has 0 radical (unpaired) electrons. The van der Waals surface area contributed by atoms with Crippen molar-refractivity contribution in [3.8, 4) is 5.88 Å². The third-order valence-electron chi connectivity index (χ3n) is 2.93. The Morgan fingerprint density at radius 3 is 2.65 bits per heavy atom. The molecule has 0 saturated carbocycles. The van der Waals surface area contributed by atoms with Gasteiger partial charge in [-0.1, -0.05) is 33.8 Å². The van der Waals surface area contributed by atoms with Gasteiger partial charge in [-0.2, -0.15) is 0 Å². The lowest BCUT2D eigenvalue weighted by molar-refractivity contribution is 0.310. The van der Waals surface area contributed by atoms with Crippen LogP contribution >= 0.6 is 0 Å². The van der Waals surface area contributed by atoms with Gasteiger partial charge in [0.25, 0.3) is 0 Å². The third kappa shape index (κ3) is 6.20. The standard InChI is InChI=1S/C17H28N2O/c1-6-7-8-20-17-10-15(12-18-11-13(2)3)9-16(19-17)14(4)5/h6,9-10,13-14,18H,1,7-8,11-12H2,2-5H3. The topological polar surface area (TPSA) is 34.1 Å². The van der Waals surface area contributed by atoms with E-state index in [1.807, 2.05) is 12.1 Å². The van der Waals surface area contributed by atoms with Crippen molar-refractivity contribution in [2.75, 3.05) is 13.2 Å². The summed E-state index contributed by atoms with van der Waals surface area (Å²) < 4.78 is 5.70. The molecule has 1 aromatic rings. The second kappa shape index (κ2) is 8.75. The van der Waals surface area contributed by atoms with Gasteiger partial charge in [0.05, 0.1) is 6.61 Å². The fraction of sp³-hybridized carbons (Fsp3) is 0.588. The Balaban J connectivity index is 2.73. The molecule has 0 spiro atoms. The molecule has 112 valence electrons. The van der Waals surface area contributed by atoms with E-state index in [9.17, 15) is 0 Å². The first-order valence-electron chi connectivity index (χ1n) is 7.48. The largest absolute Gasteiger partial charge is 0.477 e. The average Bonchev–Trinajstić information content (AvgIpc) is 2.38. The first-order valence-corrected chi connectivity index (χ1v) is 7.48. The van der Waals surface area contributed by atoms with Gasteiger partial charge in [-0.3, -0.25) is 0 Å². The van der Waals surface area contributed by atoms with Crippen LogP contribution in [-0.4, -0.2) is 18.1 Å². The van der Waals surface area contributed by atoms with Gasteiger partial charge in [-0.15, -0.1) is 6.58 Å². The SMILES string of the molecule is C=CCCOc1cc(CNCC(C)C)cc(C(C)C)n1. The maximum absolute atomic E-state index is 5.70. The van der Waals surface area contributed by atoms with Crippen molar-refractivity contribution >= 4 is 0 Å². The van der Waals surface area contributed by atoms with Crippen molar-refractivity contribution in [1.29, 1.82) is 0 Å². The van der Waals surface area contributed by atoms with E-state index in [4.69, 9.17) is 4.74 Å². The minimum Gasteiger partial charge on any atom is -0.477 e. The van der Waals surface area contributed by atoms with Gasteiger partial charge in [0.1, 0.15) is 0 Å². The van der Waals surface area contributed by atoms with Crippen LogP contribution in [-0.2, 0) is 6.54 Å². The van der Waals surface area contributed by atoms with E-state index in [0.29, 0.717) is 18.4 Å². The molecule has 0 aliphatic heterocycles. The van der Waals surface area contributed by atoms with Crippen LogP contribution in [0, 0.1) is 5.92 Å². The molecular weight excluding hydrogens is 248 g/mol. The second-order valence-corrected chi connectivity index (χ2v) is 5.84. The Kier molecular flexibility index (Phi) is 7.31. The van der Waals surface area contributed by atoms with E-state index < -0.39 is 0 Å². The molecule has 20 heavy (non-hydrogen) atoms. The molecule has 1 N–H and O–H groups in total. The Morgan fingerprint density at radius 1 is 1.30 bits per heavy atom. The lowest BCUT2D eigenvalue weighted by atomic mass is 10.1. The van der Waals surface area contributed by atoms with Gasteiger partial charge in [-0.25, -0.2) is 4.98 Å². The monoisotopic (exact) mass is 276 g/mol. The Labute approximate surface area is 123 Å². The second-order valence-electron chi connectivity index (χ2n) is 5.84. The quantitative estimate of drug-likeness (QED) is 0.548. The third-order valence-corrected chi connectivity index (χ3v) is 2.93. The molecule has 0 aliphatic carbocycles. The zero-order valence-corrected chi connectivity index (χ0v) is 13.3. The molecular formula is C17H28N2O. The summed E-state index contributed by atoms with van der Waals surface area (Å²) >= 11 is 0. The van der Waals surface area contributed by atoms with Crippen LogP contribution in [0.15, 0.2) is 24.8 Å². The first kappa shape index (κ1) is 16.7. The minimum atomic E-state index is 0.404. The predicted octanol–water partition coefficient (Wildman–Crippen LogP) is 3.91. The summed E-state index contributed by atoms with van der Waals surface area (Å²) in [6, 6.07) is 4.20. The fourth-order valence-corrected chi connectivity index (χ4v) is 1.81. The van der Waals surface area contributed by atoms with E-state index in [1.165, 1.54) is 5.56 Å². The minimum absolute atomic E-state index is 0.404. The summed E-state index contributed by atoms with van der Waals surface area (Å²) in [4.78, 5) is 4.56. The summed E-state index contributed by atoms with van der Waals surface area (Å²) in [7, 11) is 0. The molecule has 0 unspecified atom stereocenters. The molecule has 0 bridgehead atoms. The van der Waals surface area contributed by atoms with Crippen molar-refractivity contribution < 1.29 is 4.74 Å². The van der Waals surface area contributed by atoms with Gasteiger partial charge >= 0.3 is 0 Å². The zero-order chi connectivity index (χ0) is 15.0. The molecule has 1 aromatic heterocycles. The average molecular weight is 276 g/mol. The Morgan fingerprint density at radius 2 is 2.05 bits per heavy atom. The molecule has 3 heteroatoms. The van der Waals surface area contributed by atoms with Crippen molar-refractivity contribution in [2.45, 2.75) is 46.6 Å². The number of aromatic nitrogens is 1. The molecule has 1 rings (SSSR count). The Bertz CT molecular complexity index is 413. The van der Waals surface area contributed by atoms with Gasteiger partial charge < -0.3 is 10.1 Å². The normalized spacial score (nSPS) is 11.1. The lowest BCUT2D eigenvalue weighted by Gasteiger charge is -2.13. The number of nitrogens with one attached hydrogen (secondary N) is 1. The van der Waals surface area contributed by atoms with Crippen LogP contribution in [0.2, 0.25) is 0 Å². The van der Waals surface area contributed by atoms with Crippen LogP contribution in [0.4, 0.5) is 0 Å². The van der Waals surface area contributed by atoms with E-state index in [0.717, 1.165) is 31.1 Å². The molecule has 3 nitrogen and oxygen atoms in total. The smallest absolute Gasteiger partial charge is 0.213 e. The molecule has 0 atom stereocenters. The number of nitrogens with zero attached hydrogens (tertiary/aromatic N) is 1. The summed E-state index contributed by atoms with van der Waals surface area (Å²) in [6.07, 6.45) is 2.70. The van der Waals surface area contributed by atoms with E-state index >= 15 is 0 Å². The molecule has 0 aliphatic rings. The van der Waals surface area contributed by atoms with Crippen LogP contribution in [0.5, 0.6) is 5.88 Å². The van der Waals surface area contributed by atoms with Crippen LogP contribution < -0.4 is 10.1 Å². The number of hydrogen-bond acceptors (Lipinski definition) is 3. The van der Waals surface area contributed by atoms with Crippen molar-refractivity contribution in [1.82, 2.24) is 10.3 Å². The van der Waals surface area contributed by atoms with E-state index in [1.54, 1.807) is 0 Å². The highest BCUT2D eigenvalue weighted by atomic mass is 16.5. The number of rotatable bonds is 9. The fourth-order valence-electron chi connectivity index (χ4n) is 1.81. The highest BCUT2D eigenvalue weighted by Crippen LogP contribution is 2.19. The molecule has 0 amide bonds.